The zero-order chi connectivity index (χ0) is 20.5. The lowest BCUT2D eigenvalue weighted by Crippen LogP contribution is -2.31. The number of hydrogen-bond donors (Lipinski definition) is 2. The molecule has 1 aromatic heterocycles. The molecule has 148 valence electrons. The van der Waals surface area contributed by atoms with Crippen molar-refractivity contribution >= 4 is 28.5 Å². The zero-order valence-electron chi connectivity index (χ0n) is 15.9. The van der Waals surface area contributed by atoms with Crippen LogP contribution in [0.5, 0.6) is 5.75 Å². The molecule has 3 aromatic rings. The van der Waals surface area contributed by atoms with E-state index < -0.39 is 17.4 Å². The van der Waals surface area contributed by atoms with Crippen molar-refractivity contribution in [1.29, 1.82) is 0 Å². The molecule has 1 aliphatic rings. The number of nitrogens with one attached hydrogen (secondary N) is 1. The summed E-state index contributed by atoms with van der Waals surface area (Å²) in [5, 5.41) is 13.8. The summed E-state index contributed by atoms with van der Waals surface area (Å²) in [6.07, 6.45) is 1.63. The van der Waals surface area contributed by atoms with E-state index in [0.717, 1.165) is 18.4 Å². The summed E-state index contributed by atoms with van der Waals surface area (Å²) >= 11 is 0. The zero-order valence-corrected chi connectivity index (χ0v) is 15.9. The van der Waals surface area contributed by atoms with Crippen molar-refractivity contribution < 1.29 is 19.4 Å². The van der Waals surface area contributed by atoms with Gasteiger partial charge in [0.15, 0.2) is 0 Å². The lowest BCUT2D eigenvalue weighted by molar-refractivity contribution is 0.0526. The van der Waals surface area contributed by atoms with Gasteiger partial charge in [0.25, 0.3) is 11.5 Å². The van der Waals surface area contributed by atoms with Crippen molar-refractivity contribution in [3.63, 3.8) is 0 Å². The summed E-state index contributed by atoms with van der Waals surface area (Å²) < 4.78 is 6.49. The second-order valence-corrected chi connectivity index (χ2v) is 6.85. The maximum absolute atomic E-state index is 12.9. The summed E-state index contributed by atoms with van der Waals surface area (Å²) in [5.74, 6) is -1.46. The summed E-state index contributed by atoms with van der Waals surface area (Å²) in [6.45, 7) is 2.49. The number of aromatic hydroxyl groups is 1. The Balaban J connectivity index is 1.70. The molecule has 0 bridgehead atoms. The molecule has 0 unspecified atom stereocenters. The van der Waals surface area contributed by atoms with Gasteiger partial charge < -0.3 is 19.7 Å². The van der Waals surface area contributed by atoms with Crippen LogP contribution in [-0.2, 0) is 17.7 Å². The molecule has 0 saturated carbocycles. The Morgan fingerprint density at radius 1 is 1.17 bits per heavy atom. The average molecular weight is 392 g/mol. The second-order valence-electron chi connectivity index (χ2n) is 6.85. The lowest BCUT2D eigenvalue weighted by Gasteiger charge is -2.21. The van der Waals surface area contributed by atoms with Crippen LogP contribution in [0.1, 0.15) is 39.6 Å². The number of ether oxygens (including phenoxy) is 1. The summed E-state index contributed by atoms with van der Waals surface area (Å²) in [5.41, 5.74) is 1.64. The van der Waals surface area contributed by atoms with Gasteiger partial charge in [0, 0.05) is 17.6 Å². The van der Waals surface area contributed by atoms with Crippen molar-refractivity contribution in [3.8, 4) is 5.75 Å². The Morgan fingerprint density at radius 3 is 2.66 bits per heavy atom. The second kappa shape index (κ2) is 7.43. The van der Waals surface area contributed by atoms with E-state index in [1.807, 2.05) is 12.1 Å². The Hall–Kier alpha value is -3.61. The Kier molecular flexibility index (Phi) is 4.80. The van der Waals surface area contributed by atoms with E-state index in [4.69, 9.17) is 4.74 Å². The molecule has 29 heavy (non-hydrogen) atoms. The highest BCUT2D eigenvalue weighted by Gasteiger charge is 2.25. The van der Waals surface area contributed by atoms with Gasteiger partial charge in [0.2, 0.25) is 0 Å². The van der Waals surface area contributed by atoms with E-state index in [1.54, 1.807) is 29.7 Å². The number of rotatable bonds is 4. The predicted octanol–water partition coefficient (Wildman–Crippen LogP) is 3.08. The van der Waals surface area contributed by atoms with Gasteiger partial charge in [-0.3, -0.25) is 9.59 Å². The van der Waals surface area contributed by atoms with Crippen LogP contribution in [0.15, 0.2) is 47.3 Å². The smallest absolute Gasteiger partial charge is 0.338 e. The Labute approximate surface area is 166 Å². The highest BCUT2D eigenvalue weighted by molar-refractivity contribution is 6.09. The Morgan fingerprint density at radius 2 is 1.93 bits per heavy atom. The molecule has 4 rings (SSSR count). The summed E-state index contributed by atoms with van der Waals surface area (Å²) in [7, 11) is 0. The van der Waals surface area contributed by atoms with Gasteiger partial charge in [0.1, 0.15) is 11.3 Å². The third-order valence-electron chi connectivity index (χ3n) is 5.05. The molecular weight excluding hydrogens is 372 g/mol. The van der Waals surface area contributed by atoms with Gasteiger partial charge in [-0.2, -0.15) is 0 Å². The van der Waals surface area contributed by atoms with Gasteiger partial charge in [-0.25, -0.2) is 4.79 Å². The normalized spacial score (nSPS) is 12.6. The first kappa shape index (κ1) is 18.7. The third kappa shape index (κ3) is 3.24. The molecule has 2 N–H and O–H groups in total. The highest BCUT2D eigenvalue weighted by Crippen LogP contribution is 2.31. The molecule has 0 aliphatic carbocycles. The van der Waals surface area contributed by atoms with E-state index in [-0.39, 0.29) is 17.9 Å². The van der Waals surface area contributed by atoms with Crippen LogP contribution in [0.3, 0.4) is 0 Å². The summed E-state index contributed by atoms with van der Waals surface area (Å²) in [4.78, 5) is 37.5. The number of hydrogen-bond acceptors (Lipinski definition) is 5. The van der Waals surface area contributed by atoms with Crippen molar-refractivity contribution in [2.45, 2.75) is 26.3 Å². The minimum absolute atomic E-state index is 0.270. The van der Waals surface area contributed by atoms with Gasteiger partial charge in [-0.15, -0.1) is 0 Å². The van der Waals surface area contributed by atoms with Gasteiger partial charge in [-0.1, -0.05) is 12.1 Å². The first-order chi connectivity index (χ1) is 14.0. The number of amides is 1. The van der Waals surface area contributed by atoms with Crippen LogP contribution in [0, 0.1) is 0 Å². The fourth-order valence-electron chi connectivity index (χ4n) is 3.72. The third-order valence-corrected chi connectivity index (χ3v) is 5.05. The molecule has 7 heteroatoms. The largest absolute Gasteiger partial charge is 0.506 e. The molecule has 2 aromatic carbocycles. The molecule has 7 nitrogen and oxygen atoms in total. The highest BCUT2D eigenvalue weighted by atomic mass is 16.5. The van der Waals surface area contributed by atoms with E-state index in [0.29, 0.717) is 28.7 Å². The minimum Gasteiger partial charge on any atom is -0.506 e. The predicted molar refractivity (Wildman–Crippen MR) is 109 cm³/mol. The number of carbonyl (C=O) groups is 2. The number of aryl methyl sites for hydroxylation is 2. The molecule has 0 fully saturated rings. The van der Waals surface area contributed by atoms with Gasteiger partial charge in [0.05, 0.1) is 17.7 Å². The fourth-order valence-corrected chi connectivity index (χ4v) is 3.72. The van der Waals surface area contributed by atoms with Crippen LogP contribution in [0.25, 0.3) is 10.9 Å². The maximum Gasteiger partial charge on any atom is 0.338 e. The van der Waals surface area contributed by atoms with Gasteiger partial charge in [-0.05, 0) is 55.7 Å². The topological polar surface area (TPSA) is 97.6 Å². The molecule has 1 amide bonds. The quantitative estimate of drug-likeness (QED) is 0.665. The van der Waals surface area contributed by atoms with Crippen molar-refractivity contribution in [2.75, 3.05) is 11.9 Å². The number of para-hydroxylation sites is 1. The van der Waals surface area contributed by atoms with Crippen LogP contribution >= 0.6 is 0 Å². The van der Waals surface area contributed by atoms with Crippen molar-refractivity contribution in [1.82, 2.24) is 4.57 Å². The SMILES string of the molecule is CCOC(=O)c1ccc(NC(=O)c2c(O)c3cccc4c3n(c2=O)CCC4)cc1. The van der Waals surface area contributed by atoms with E-state index in [1.165, 1.54) is 12.1 Å². The fraction of sp³-hybridized carbons (Fsp3) is 0.227. The monoisotopic (exact) mass is 392 g/mol. The number of nitrogens with zero attached hydrogens (tertiary/aromatic N) is 1. The van der Waals surface area contributed by atoms with E-state index >= 15 is 0 Å². The number of benzene rings is 2. The molecule has 0 saturated heterocycles. The first-order valence-electron chi connectivity index (χ1n) is 9.47. The number of pyridine rings is 1. The van der Waals surface area contributed by atoms with Crippen molar-refractivity contribution in [2.24, 2.45) is 0 Å². The van der Waals surface area contributed by atoms with Crippen LogP contribution in [0.2, 0.25) is 0 Å². The lowest BCUT2D eigenvalue weighted by atomic mass is 9.99. The molecule has 2 heterocycles. The van der Waals surface area contributed by atoms with E-state index in [2.05, 4.69) is 5.32 Å². The van der Waals surface area contributed by atoms with Crippen LogP contribution < -0.4 is 10.9 Å². The number of aromatic nitrogens is 1. The van der Waals surface area contributed by atoms with Crippen LogP contribution in [0.4, 0.5) is 5.69 Å². The Bertz CT molecular complexity index is 1180. The minimum atomic E-state index is -0.696. The summed E-state index contributed by atoms with van der Waals surface area (Å²) in [6, 6.07) is 11.6. The van der Waals surface area contributed by atoms with Gasteiger partial charge >= 0.3 is 5.97 Å². The molecule has 0 atom stereocenters. The average Bonchev–Trinajstić information content (AvgIpc) is 2.72. The van der Waals surface area contributed by atoms with E-state index in [9.17, 15) is 19.5 Å². The van der Waals surface area contributed by atoms with Crippen molar-refractivity contribution in [3.05, 3.63) is 69.5 Å². The number of anilines is 1. The standard InChI is InChI=1S/C22H20N2O5/c1-2-29-22(28)14-8-10-15(11-9-14)23-20(26)17-19(25)16-7-3-5-13-6-4-12-24(18(13)16)21(17)27/h3,5,7-11,25H,2,4,6,12H2,1H3,(H,23,26). The molecule has 1 aliphatic heterocycles. The molecular formula is C22H20N2O5. The molecule has 0 radical (unpaired) electrons. The number of esters is 1. The maximum atomic E-state index is 12.9. The first-order valence-corrected chi connectivity index (χ1v) is 9.47. The molecule has 0 spiro atoms. The van der Waals surface area contributed by atoms with Crippen LogP contribution in [-0.4, -0.2) is 28.2 Å². The number of carbonyl (C=O) groups excluding carboxylic acids is 2.